The van der Waals surface area contributed by atoms with Crippen molar-refractivity contribution >= 4 is 17.8 Å². The summed E-state index contributed by atoms with van der Waals surface area (Å²) in [6.07, 6.45) is 0.672. The van der Waals surface area contributed by atoms with E-state index in [0.717, 1.165) is 18.8 Å². The fourth-order valence-electron chi connectivity index (χ4n) is 3.46. The minimum Gasteiger partial charge on any atom is -0.444 e. The van der Waals surface area contributed by atoms with Gasteiger partial charge in [-0.15, -0.1) is 0 Å². The van der Waals surface area contributed by atoms with Crippen LogP contribution in [0.15, 0.2) is 18.2 Å². The van der Waals surface area contributed by atoms with Gasteiger partial charge in [-0.25, -0.2) is 9.78 Å². The van der Waals surface area contributed by atoms with E-state index in [1.807, 2.05) is 32.9 Å². The van der Waals surface area contributed by atoms with E-state index in [-0.39, 0.29) is 12.0 Å². The third kappa shape index (κ3) is 5.13. The number of hydrogen-bond donors (Lipinski definition) is 1. The highest BCUT2D eigenvalue weighted by Gasteiger charge is 2.27. The first-order valence-electron chi connectivity index (χ1n) is 9.90. The first kappa shape index (κ1) is 20.4. The molecule has 1 aromatic heterocycles. The van der Waals surface area contributed by atoms with Crippen LogP contribution in [0.2, 0.25) is 0 Å². The summed E-state index contributed by atoms with van der Waals surface area (Å²) in [7, 11) is 0. The van der Waals surface area contributed by atoms with Gasteiger partial charge in [-0.1, -0.05) is 6.07 Å². The van der Waals surface area contributed by atoms with Crippen molar-refractivity contribution in [3.63, 3.8) is 0 Å². The van der Waals surface area contributed by atoms with Crippen molar-refractivity contribution in [1.82, 2.24) is 14.8 Å². The lowest BCUT2D eigenvalue weighted by Gasteiger charge is -2.26. The molecule has 1 aromatic rings. The number of hydrogen-bond acceptors (Lipinski definition) is 6. The largest absolute Gasteiger partial charge is 0.444 e. The van der Waals surface area contributed by atoms with Gasteiger partial charge in [-0.05, 0) is 45.7 Å². The Bertz CT molecular complexity index is 718. The molecular weight excluding hydrogens is 360 g/mol. The monoisotopic (exact) mass is 390 g/mol. The Kier molecular flexibility index (Phi) is 6.07. The second kappa shape index (κ2) is 8.34. The van der Waals surface area contributed by atoms with Crippen LogP contribution in [-0.4, -0.2) is 82.9 Å². The molecule has 0 aliphatic carbocycles. The Labute approximate surface area is 166 Å². The molecule has 2 fully saturated rings. The minimum atomic E-state index is -0.511. The normalized spacial score (nSPS) is 20.9. The number of likely N-dealkylation sites (tertiary alicyclic amines) is 1. The Balaban J connectivity index is 1.64. The summed E-state index contributed by atoms with van der Waals surface area (Å²) in [6.45, 7) is 9.07. The topological polar surface area (TPSA) is 86.2 Å². The second-order valence-corrected chi connectivity index (χ2v) is 8.38. The summed E-state index contributed by atoms with van der Waals surface area (Å²) in [5.41, 5.74) is -0.123. The molecule has 8 heteroatoms. The molecular formula is C20H30N4O4. The number of aliphatic hydroxyl groups is 1. The van der Waals surface area contributed by atoms with Crippen molar-refractivity contribution in [3.8, 4) is 0 Å². The molecule has 2 aliphatic heterocycles. The molecule has 0 radical (unpaired) electrons. The van der Waals surface area contributed by atoms with Gasteiger partial charge in [0, 0.05) is 39.3 Å². The van der Waals surface area contributed by atoms with Gasteiger partial charge in [-0.3, -0.25) is 4.79 Å². The summed E-state index contributed by atoms with van der Waals surface area (Å²) >= 11 is 0. The Morgan fingerprint density at radius 1 is 1.11 bits per heavy atom. The fourth-order valence-corrected chi connectivity index (χ4v) is 3.46. The summed E-state index contributed by atoms with van der Waals surface area (Å²) in [6, 6.07) is 5.43. The molecule has 2 aliphatic rings. The number of aliphatic hydroxyl groups excluding tert-OH is 1. The maximum absolute atomic E-state index is 12.6. The molecule has 2 saturated heterocycles. The second-order valence-electron chi connectivity index (χ2n) is 8.38. The number of amides is 2. The summed E-state index contributed by atoms with van der Waals surface area (Å²) < 4.78 is 5.47. The minimum absolute atomic E-state index is 0.149. The molecule has 8 nitrogen and oxygen atoms in total. The zero-order valence-electron chi connectivity index (χ0n) is 16.9. The predicted octanol–water partition coefficient (Wildman–Crippen LogP) is 1.74. The number of carbonyl (C=O) groups is 2. The first-order valence-corrected chi connectivity index (χ1v) is 9.90. The molecule has 1 N–H and O–H groups in total. The van der Waals surface area contributed by atoms with Crippen LogP contribution >= 0.6 is 0 Å². The Hall–Kier alpha value is -2.35. The number of pyridine rings is 1. The van der Waals surface area contributed by atoms with E-state index in [1.165, 1.54) is 0 Å². The molecule has 28 heavy (non-hydrogen) atoms. The van der Waals surface area contributed by atoms with Gasteiger partial charge >= 0.3 is 6.09 Å². The number of aromatic nitrogens is 1. The third-order valence-corrected chi connectivity index (χ3v) is 4.88. The molecule has 3 rings (SSSR count). The van der Waals surface area contributed by atoms with E-state index in [0.29, 0.717) is 44.8 Å². The van der Waals surface area contributed by atoms with Crippen LogP contribution < -0.4 is 4.90 Å². The molecule has 3 heterocycles. The van der Waals surface area contributed by atoms with E-state index in [1.54, 1.807) is 15.9 Å². The van der Waals surface area contributed by atoms with Crippen LogP contribution in [-0.2, 0) is 4.74 Å². The number of nitrogens with zero attached hydrogens (tertiary/aromatic N) is 4. The standard InChI is InChI=1S/C20H30N4O4/c1-20(2,3)28-19(27)23-10-5-9-22(12-13-23)17-7-4-6-16(21-17)18(26)24-11-8-15(25)14-24/h4,6-7,15,25H,5,8-14H2,1-3H3/t15-/m1/s1. The maximum Gasteiger partial charge on any atom is 0.410 e. The van der Waals surface area contributed by atoms with Crippen molar-refractivity contribution in [2.24, 2.45) is 0 Å². The van der Waals surface area contributed by atoms with Crippen LogP contribution in [0.3, 0.4) is 0 Å². The number of anilines is 1. The molecule has 1 atom stereocenters. The highest BCUT2D eigenvalue weighted by atomic mass is 16.6. The average molecular weight is 390 g/mol. The quantitative estimate of drug-likeness (QED) is 0.828. The molecule has 0 bridgehead atoms. The van der Waals surface area contributed by atoms with Crippen LogP contribution in [0.1, 0.15) is 44.1 Å². The SMILES string of the molecule is CC(C)(C)OC(=O)N1CCCN(c2cccc(C(=O)N3CC[C@@H](O)C3)n2)CC1. The third-order valence-electron chi connectivity index (χ3n) is 4.88. The van der Waals surface area contributed by atoms with Crippen LogP contribution in [0.5, 0.6) is 0 Å². The highest BCUT2D eigenvalue weighted by Crippen LogP contribution is 2.18. The van der Waals surface area contributed by atoms with Crippen molar-refractivity contribution in [1.29, 1.82) is 0 Å². The molecule has 0 unspecified atom stereocenters. The van der Waals surface area contributed by atoms with Crippen molar-refractivity contribution in [2.45, 2.75) is 45.3 Å². The van der Waals surface area contributed by atoms with Gasteiger partial charge in [0.2, 0.25) is 0 Å². The van der Waals surface area contributed by atoms with E-state index in [4.69, 9.17) is 4.74 Å². The van der Waals surface area contributed by atoms with Gasteiger partial charge in [0.1, 0.15) is 17.1 Å². The van der Waals surface area contributed by atoms with Gasteiger partial charge in [-0.2, -0.15) is 0 Å². The van der Waals surface area contributed by atoms with E-state index in [2.05, 4.69) is 9.88 Å². The van der Waals surface area contributed by atoms with Gasteiger partial charge < -0.3 is 24.5 Å². The average Bonchev–Trinajstić information content (AvgIpc) is 2.91. The number of β-amino-alcohol motifs (C(OH)–C–C–N with tert-alkyl or cyclic N) is 1. The zero-order chi connectivity index (χ0) is 20.3. The molecule has 154 valence electrons. The van der Waals surface area contributed by atoms with E-state index < -0.39 is 11.7 Å². The fraction of sp³-hybridized carbons (Fsp3) is 0.650. The zero-order valence-corrected chi connectivity index (χ0v) is 16.9. The summed E-state index contributed by atoms with van der Waals surface area (Å²) in [5, 5.41) is 9.66. The highest BCUT2D eigenvalue weighted by molar-refractivity contribution is 5.92. The molecule has 0 aromatic carbocycles. The molecule has 0 spiro atoms. The molecule has 2 amide bonds. The van der Waals surface area contributed by atoms with Gasteiger partial charge in [0.25, 0.3) is 5.91 Å². The lowest BCUT2D eigenvalue weighted by atomic mass is 10.2. The van der Waals surface area contributed by atoms with E-state index in [9.17, 15) is 14.7 Å². The van der Waals surface area contributed by atoms with Crippen molar-refractivity contribution in [3.05, 3.63) is 23.9 Å². The summed E-state index contributed by atoms with van der Waals surface area (Å²) in [5.74, 6) is 0.584. The number of rotatable bonds is 2. The number of carbonyl (C=O) groups excluding carboxylic acids is 2. The van der Waals surface area contributed by atoms with Gasteiger partial charge in [0.15, 0.2) is 0 Å². The van der Waals surface area contributed by atoms with Crippen molar-refractivity contribution in [2.75, 3.05) is 44.2 Å². The predicted molar refractivity (Wildman–Crippen MR) is 105 cm³/mol. The number of ether oxygens (including phenoxy) is 1. The Morgan fingerprint density at radius 3 is 2.57 bits per heavy atom. The summed E-state index contributed by atoms with van der Waals surface area (Å²) in [4.78, 5) is 35.0. The lowest BCUT2D eigenvalue weighted by molar-refractivity contribution is 0.0263. The smallest absolute Gasteiger partial charge is 0.410 e. The lowest BCUT2D eigenvalue weighted by Crippen LogP contribution is -2.39. The van der Waals surface area contributed by atoms with Crippen LogP contribution in [0.4, 0.5) is 10.6 Å². The van der Waals surface area contributed by atoms with Crippen LogP contribution in [0.25, 0.3) is 0 Å². The van der Waals surface area contributed by atoms with Crippen molar-refractivity contribution < 1.29 is 19.4 Å². The van der Waals surface area contributed by atoms with Gasteiger partial charge in [0.05, 0.1) is 6.10 Å². The molecule has 0 saturated carbocycles. The maximum atomic E-state index is 12.6. The van der Waals surface area contributed by atoms with Crippen LogP contribution in [0, 0.1) is 0 Å². The Morgan fingerprint density at radius 2 is 1.89 bits per heavy atom. The first-order chi connectivity index (χ1) is 13.2. The van der Waals surface area contributed by atoms with E-state index >= 15 is 0 Å².